The number of hydrogen-bond acceptors (Lipinski definition) is 6. The third kappa shape index (κ3) is 5.82. The van der Waals surface area contributed by atoms with Crippen LogP contribution in [0.3, 0.4) is 0 Å². The Morgan fingerprint density at radius 3 is 2.44 bits per heavy atom. The average Bonchev–Trinajstić information content (AvgIpc) is 2.93. The standard InChI is InChI=1S/C30H33ClN3O4P/c1-2-37-18-15-25-21-32-28(31)34-27(25)33-26-24-13-16-29(17-14-24,19-22-9-5-3-6-10-22)30(26,38-39(35)36)20-23-11-7-4-8-12-23/h3-13,15-16,18,21,24,26,39H,2,14,17,19-20H2,1H3,(H,35,36)(H,32,33,34). The van der Waals surface area contributed by atoms with Crippen molar-refractivity contribution in [1.29, 1.82) is 0 Å². The highest BCUT2D eigenvalue weighted by molar-refractivity contribution is 7.32. The van der Waals surface area contributed by atoms with Gasteiger partial charge in [0.15, 0.2) is 0 Å². The van der Waals surface area contributed by atoms with E-state index in [1.54, 1.807) is 18.5 Å². The van der Waals surface area contributed by atoms with Crippen LogP contribution in [0.15, 0.2) is 85.3 Å². The van der Waals surface area contributed by atoms with Gasteiger partial charge < -0.3 is 19.5 Å². The lowest BCUT2D eigenvalue weighted by atomic mass is 9.50. The molecule has 39 heavy (non-hydrogen) atoms. The summed E-state index contributed by atoms with van der Waals surface area (Å²) >= 11 is 6.25. The average molecular weight is 566 g/mol. The molecule has 7 nitrogen and oxygen atoms in total. The van der Waals surface area contributed by atoms with Crippen molar-refractivity contribution in [3.63, 3.8) is 0 Å². The van der Waals surface area contributed by atoms with Crippen LogP contribution in [0.1, 0.15) is 36.5 Å². The first-order valence-corrected chi connectivity index (χ1v) is 14.9. The second-order valence-electron chi connectivity index (χ2n) is 10.1. The minimum atomic E-state index is -3.34. The summed E-state index contributed by atoms with van der Waals surface area (Å²) in [6, 6.07) is 19.9. The topological polar surface area (TPSA) is 93.6 Å². The molecule has 1 fully saturated rings. The predicted octanol–water partition coefficient (Wildman–Crippen LogP) is 6.51. The van der Waals surface area contributed by atoms with E-state index in [-0.39, 0.29) is 17.2 Å². The number of halogens is 1. The smallest absolute Gasteiger partial charge is 0.317 e. The fraction of sp³-hybridized carbons (Fsp3) is 0.333. The Balaban J connectivity index is 1.65. The summed E-state index contributed by atoms with van der Waals surface area (Å²) < 4.78 is 24.4. The van der Waals surface area contributed by atoms with Crippen LogP contribution in [0.25, 0.3) is 6.08 Å². The van der Waals surface area contributed by atoms with E-state index < -0.39 is 19.3 Å². The lowest BCUT2D eigenvalue weighted by Crippen LogP contribution is -2.68. The highest BCUT2D eigenvalue weighted by atomic mass is 35.5. The fourth-order valence-electron chi connectivity index (χ4n) is 6.19. The first-order valence-electron chi connectivity index (χ1n) is 13.2. The second kappa shape index (κ2) is 12.1. The molecule has 0 aliphatic heterocycles. The molecule has 1 saturated carbocycles. The quantitative estimate of drug-likeness (QED) is 0.118. The van der Waals surface area contributed by atoms with Gasteiger partial charge in [0.1, 0.15) is 11.4 Å². The van der Waals surface area contributed by atoms with Gasteiger partial charge in [0.2, 0.25) is 5.28 Å². The SMILES string of the molecule is CCOC=Cc1cnc(Cl)nc1NC1C2C=CC(Cc3ccccc3)(CC2)C1(Cc1ccccc1)O[PH](=O)O. The van der Waals surface area contributed by atoms with Gasteiger partial charge in [-0.2, -0.15) is 0 Å². The number of nitrogens with zero attached hydrogens (tertiary/aromatic N) is 2. The van der Waals surface area contributed by atoms with Gasteiger partial charge in [-0.05, 0) is 60.9 Å². The van der Waals surface area contributed by atoms with Crippen molar-refractivity contribution in [3.05, 3.63) is 107 Å². The molecule has 0 spiro atoms. The summed E-state index contributed by atoms with van der Waals surface area (Å²) in [4.78, 5) is 19.1. The van der Waals surface area contributed by atoms with Gasteiger partial charge in [0.05, 0.1) is 18.9 Å². The van der Waals surface area contributed by atoms with Crippen LogP contribution in [0.5, 0.6) is 0 Å². The Labute approximate surface area is 234 Å². The molecule has 3 aliphatic carbocycles. The van der Waals surface area contributed by atoms with Crippen molar-refractivity contribution in [2.24, 2.45) is 11.3 Å². The molecule has 0 saturated heterocycles. The van der Waals surface area contributed by atoms with Crippen LogP contribution in [-0.4, -0.2) is 33.1 Å². The number of aromatic nitrogens is 2. The molecule has 0 amide bonds. The van der Waals surface area contributed by atoms with Crippen molar-refractivity contribution in [2.45, 2.75) is 44.2 Å². The molecule has 1 heterocycles. The Bertz CT molecular complexity index is 1360. The number of fused-ring (bicyclic) bond motifs is 2. The second-order valence-corrected chi connectivity index (χ2v) is 11.2. The Kier molecular flexibility index (Phi) is 8.53. The molecular formula is C30H33ClN3O4P. The number of anilines is 1. The van der Waals surface area contributed by atoms with E-state index in [1.807, 2.05) is 55.5 Å². The van der Waals surface area contributed by atoms with Crippen LogP contribution in [0, 0.1) is 11.3 Å². The zero-order valence-electron chi connectivity index (χ0n) is 21.8. The number of hydrogen-bond donors (Lipinski definition) is 2. The fourth-order valence-corrected chi connectivity index (χ4v) is 7.04. The third-order valence-corrected chi connectivity index (χ3v) is 8.61. The lowest BCUT2D eigenvalue weighted by Gasteiger charge is -2.60. The molecule has 3 aliphatic rings. The molecule has 5 unspecified atom stereocenters. The molecule has 2 aromatic carbocycles. The number of nitrogens with one attached hydrogen (secondary N) is 1. The van der Waals surface area contributed by atoms with Gasteiger partial charge in [-0.1, -0.05) is 72.8 Å². The zero-order valence-corrected chi connectivity index (χ0v) is 23.6. The first kappa shape index (κ1) is 27.6. The maximum atomic E-state index is 12.7. The summed E-state index contributed by atoms with van der Waals surface area (Å²) in [7, 11) is -3.34. The number of ether oxygens (including phenoxy) is 1. The Morgan fingerprint density at radius 2 is 1.82 bits per heavy atom. The summed E-state index contributed by atoms with van der Waals surface area (Å²) in [6.45, 7) is 2.44. The van der Waals surface area contributed by atoms with Gasteiger partial charge >= 0.3 is 8.25 Å². The molecule has 0 radical (unpaired) electrons. The van der Waals surface area contributed by atoms with Crippen LogP contribution in [0.4, 0.5) is 5.82 Å². The third-order valence-electron chi connectivity index (χ3n) is 7.89. The largest absolute Gasteiger partial charge is 0.501 e. The Morgan fingerprint density at radius 1 is 1.13 bits per heavy atom. The molecule has 1 aromatic heterocycles. The zero-order chi connectivity index (χ0) is 27.3. The van der Waals surface area contributed by atoms with Crippen molar-refractivity contribution >= 4 is 31.7 Å². The summed E-state index contributed by atoms with van der Waals surface area (Å²) in [5.41, 5.74) is 1.27. The highest BCUT2D eigenvalue weighted by Gasteiger charge is 2.63. The molecule has 6 rings (SSSR count). The van der Waals surface area contributed by atoms with E-state index in [0.29, 0.717) is 30.8 Å². The lowest BCUT2D eigenvalue weighted by molar-refractivity contribution is -0.0977. The van der Waals surface area contributed by atoms with Crippen molar-refractivity contribution in [3.8, 4) is 0 Å². The van der Waals surface area contributed by atoms with E-state index >= 15 is 0 Å². The van der Waals surface area contributed by atoms with E-state index in [2.05, 4.69) is 39.6 Å². The molecular weight excluding hydrogens is 533 g/mol. The molecule has 5 atom stereocenters. The summed E-state index contributed by atoms with van der Waals surface area (Å²) in [5, 5.41) is 3.73. The maximum absolute atomic E-state index is 12.7. The van der Waals surface area contributed by atoms with Gasteiger partial charge in [-0.15, -0.1) is 0 Å². The number of benzene rings is 2. The molecule has 9 heteroatoms. The van der Waals surface area contributed by atoms with Gasteiger partial charge in [-0.3, -0.25) is 4.57 Å². The van der Waals surface area contributed by atoms with E-state index in [1.165, 1.54) is 0 Å². The van der Waals surface area contributed by atoms with Gasteiger partial charge in [-0.25, -0.2) is 9.97 Å². The molecule has 2 bridgehead atoms. The van der Waals surface area contributed by atoms with E-state index in [9.17, 15) is 9.46 Å². The van der Waals surface area contributed by atoms with Gasteiger partial charge in [0.25, 0.3) is 0 Å². The summed E-state index contributed by atoms with van der Waals surface area (Å²) in [5.74, 6) is 0.565. The minimum Gasteiger partial charge on any atom is -0.501 e. The minimum absolute atomic E-state index is 0.0465. The number of rotatable bonds is 11. The molecule has 3 aromatic rings. The van der Waals surface area contributed by atoms with Crippen molar-refractivity contribution < 1.29 is 18.7 Å². The van der Waals surface area contributed by atoms with Crippen LogP contribution >= 0.6 is 19.9 Å². The van der Waals surface area contributed by atoms with Crippen LogP contribution in [0.2, 0.25) is 5.28 Å². The van der Waals surface area contributed by atoms with Crippen molar-refractivity contribution in [2.75, 3.05) is 11.9 Å². The maximum Gasteiger partial charge on any atom is 0.317 e. The van der Waals surface area contributed by atoms with E-state index in [0.717, 1.165) is 24.0 Å². The molecule has 204 valence electrons. The predicted molar refractivity (Wildman–Crippen MR) is 155 cm³/mol. The first-order chi connectivity index (χ1) is 18.9. The monoisotopic (exact) mass is 565 g/mol. The van der Waals surface area contributed by atoms with Crippen molar-refractivity contribution in [1.82, 2.24) is 9.97 Å². The Hall–Kier alpha value is -2.96. The van der Waals surface area contributed by atoms with E-state index in [4.69, 9.17) is 20.9 Å². The highest BCUT2D eigenvalue weighted by Crippen LogP contribution is 2.59. The van der Waals surface area contributed by atoms with Crippen LogP contribution in [-0.2, 0) is 26.7 Å². The summed E-state index contributed by atoms with van der Waals surface area (Å²) in [6.07, 6.45) is 12.3. The molecule has 2 N–H and O–H groups in total. The van der Waals surface area contributed by atoms with Gasteiger partial charge in [0, 0.05) is 23.6 Å². The van der Waals surface area contributed by atoms with Crippen LogP contribution < -0.4 is 5.32 Å². The normalized spacial score (nSPS) is 26.5.